The van der Waals surface area contributed by atoms with Crippen molar-refractivity contribution in [1.29, 1.82) is 0 Å². The molecule has 0 amide bonds. The Morgan fingerprint density at radius 3 is 2.37 bits per heavy atom. The van der Waals surface area contributed by atoms with Crippen molar-refractivity contribution >= 4 is 5.97 Å². The van der Waals surface area contributed by atoms with Gasteiger partial charge in [-0.3, -0.25) is 4.79 Å². The number of ether oxygens (including phenoxy) is 1. The third-order valence-electron chi connectivity index (χ3n) is 5.95. The molecule has 3 rings (SSSR count). The van der Waals surface area contributed by atoms with Crippen LogP contribution in [0.1, 0.15) is 69.4 Å². The third-order valence-corrected chi connectivity index (χ3v) is 5.95. The summed E-state index contributed by atoms with van der Waals surface area (Å²) < 4.78 is 5.88. The van der Waals surface area contributed by atoms with Crippen LogP contribution in [0.15, 0.2) is 54.6 Å². The molecule has 144 valence electrons. The third kappa shape index (κ3) is 5.45. The molecular weight excluding hydrogens is 332 g/mol. The van der Waals surface area contributed by atoms with Gasteiger partial charge >= 0.3 is 5.97 Å². The van der Waals surface area contributed by atoms with Gasteiger partial charge in [-0.2, -0.15) is 0 Å². The van der Waals surface area contributed by atoms with Crippen molar-refractivity contribution in [3.05, 3.63) is 65.7 Å². The molecule has 0 unspecified atom stereocenters. The van der Waals surface area contributed by atoms with Gasteiger partial charge in [0.05, 0.1) is 5.92 Å². The predicted molar refractivity (Wildman–Crippen MR) is 111 cm³/mol. The first kappa shape index (κ1) is 19.7. The fourth-order valence-corrected chi connectivity index (χ4v) is 4.29. The molecule has 1 fully saturated rings. The van der Waals surface area contributed by atoms with E-state index in [-0.39, 0.29) is 11.9 Å². The van der Waals surface area contributed by atoms with E-state index in [1.54, 1.807) is 0 Å². The maximum absolute atomic E-state index is 12.7. The zero-order chi connectivity index (χ0) is 19.1. The topological polar surface area (TPSA) is 26.3 Å². The predicted octanol–water partition coefficient (Wildman–Crippen LogP) is 6.54. The summed E-state index contributed by atoms with van der Waals surface area (Å²) >= 11 is 0. The Morgan fingerprint density at radius 1 is 1.00 bits per heavy atom. The number of benzene rings is 2. The highest BCUT2D eigenvalue weighted by atomic mass is 16.5. The molecule has 1 aliphatic carbocycles. The minimum absolute atomic E-state index is 0.0373. The molecule has 0 N–H and O–H groups in total. The van der Waals surface area contributed by atoms with Crippen LogP contribution in [-0.4, -0.2) is 5.97 Å². The minimum Gasteiger partial charge on any atom is -0.426 e. The Bertz CT molecular complexity index is 714. The SMILES string of the molecule is CCCC1CCC(C(=O)Oc2ccccc2C[C@@H](C)c2ccccc2)CC1. The average Bonchev–Trinajstić information content (AvgIpc) is 2.71. The molecule has 0 aromatic heterocycles. The van der Waals surface area contributed by atoms with E-state index in [2.05, 4.69) is 44.2 Å². The fourth-order valence-electron chi connectivity index (χ4n) is 4.29. The van der Waals surface area contributed by atoms with Gasteiger partial charge in [0.2, 0.25) is 0 Å². The second kappa shape index (κ2) is 9.73. The summed E-state index contributed by atoms with van der Waals surface area (Å²) in [6.07, 6.45) is 7.70. The van der Waals surface area contributed by atoms with E-state index in [0.717, 1.165) is 36.5 Å². The van der Waals surface area contributed by atoms with Gasteiger partial charge in [0, 0.05) is 0 Å². The summed E-state index contributed by atoms with van der Waals surface area (Å²) in [7, 11) is 0. The summed E-state index contributed by atoms with van der Waals surface area (Å²) in [6.45, 7) is 4.47. The highest BCUT2D eigenvalue weighted by Crippen LogP contribution is 2.33. The summed E-state index contributed by atoms with van der Waals surface area (Å²) in [5.41, 5.74) is 2.43. The van der Waals surface area contributed by atoms with Gasteiger partial charge in [0.15, 0.2) is 0 Å². The van der Waals surface area contributed by atoms with E-state index >= 15 is 0 Å². The average molecular weight is 365 g/mol. The smallest absolute Gasteiger partial charge is 0.314 e. The van der Waals surface area contributed by atoms with Crippen LogP contribution in [-0.2, 0) is 11.2 Å². The number of carbonyl (C=O) groups excluding carboxylic acids is 1. The highest BCUT2D eigenvalue weighted by molar-refractivity contribution is 5.75. The van der Waals surface area contributed by atoms with Crippen molar-refractivity contribution in [2.24, 2.45) is 11.8 Å². The lowest BCUT2D eigenvalue weighted by molar-refractivity contribution is -0.140. The van der Waals surface area contributed by atoms with Gasteiger partial charge in [-0.05, 0) is 61.1 Å². The number of para-hydroxylation sites is 1. The first-order chi connectivity index (χ1) is 13.2. The van der Waals surface area contributed by atoms with Crippen LogP contribution >= 0.6 is 0 Å². The van der Waals surface area contributed by atoms with Crippen molar-refractivity contribution in [3.8, 4) is 5.75 Å². The van der Waals surface area contributed by atoms with Crippen molar-refractivity contribution in [3.63, 3.8) is 0 Å². The van der Waals surface area contributed by atoms with Crippen molar-refractivity contribution in [1.82, 2.24) is 0 Å². The maximum atomic E-state index is 12.7. The molecule has 0 spiro atoms. The Hall–Kier alpha value is -2.09. The molecule has 1 atom stereocenters. The van der Waals surface area contributed by atoms with E-state index in [9.17, 15) is 4.79 Å². The van der Waals surface area contributed by atoms with E-state index < -0.39 is 0 Å². The van der Waals surface area contributed by atoms with E-state index in [1.165, 1.54) is 31.2 Å². The molecule has 2 nitrogen and oxygen atoms in total. The number of esters is 1. The lowest BCUT2D eigenvalue weighted by Crippen LogP contribution is -2.26. The normalized spacial score (nSPS) is 20.8. The molecule has 0 bridgehead atoms. The van der Waals surface area contributed by atoms with Crippen molar-refractivity contribution < 1.29 is 9.53 Å². The van der Waals surface area contributed by atoms with Crippen LogP contribution in [0, 0.1) is 11.8 Å². The summed E-state index contributed by atoms with van der Waals surface area (Å²) in [5, 5.41) is 0. The zero-order valence-corrected chi connectivity index (χ0v) is 16.7. The quantitative estimate of drug-likeness (QED) is 0.411. The lowest BCUT2D eigenvalue weighted by atomic mass is 9.80. The van der Waals surface area contributed by atoms with E-state index in [4.69, 9.17) is 4.74 Å². The van der Waals surface area contributed by atoms with Crippen molar-refractivity contribution in [2.45, 2.75) is 64.7 Å². The van der Waals surface area contributed by atoms with Gasteiger partial charge in [-0.15, -0.1) is 0 Å². The number of hydrogen-bond donors (Lipinski definition) is 0. The van der Waals surface area contributed by atoms with Crippen LogP contribution < -0.4 is 4.74 Å². The monoisotopic (exact) mass is 364 g/mol. The largest absolute Gasteiger partial charge is 0.426 e. The molecule has 1 saturated carbocycles. The number of hydrogen-bond acceptors (Lipinski definition) is 2. The molecule has 2 aromatic rings. The van der Waals surface area contributed by atoms with Crippen molar-refractivity contribution in [2.75, 3.05) is 0 Å². The van der Waals surface area contributed by atoms with E-state index in [1.807, 2.05) is 24.3 Å². The molecule has 0 aliphatic heterocycles. The first-order valence-corrected chi connectivity index (χ1v) is 10.5. The Labute approximate surface area is 164 Å². The first-order valence-electron chi connectivity index (χ1n) is 10.5. The van der Waals surface area contributed by atoms with E-state index in [0.29, 0.717) is 5.92 Å². The van der Waals surface area contributed by atoms with Crippen LogP contribution in [0.3, 0.4) is 0 Å². The minimum atomic E-state index is -0.0373. The maximum Gasteiger partial charge on any atom is 0.314 e. The standard InChI is InChI=1S/C25H32O2/c1-3-9-20-14-16-22(17-15-20)25(26)27-24-13-8-7-12-23(24)18-19(2)21-10-5-4-6-11-21/h4-8,10-13,19-20,22H,3,9,14-18H2,1-2H3/t19-,20?,22?/m1/s1. The highest BCUT2D eigenvalue weighted by Gasteiger charge is 2.27. The molecule has 0 radical (unpaired) electrons. The molecule has 2 heteroatoms. The molecule has 1 aliphatic rings. The molecule has 0 saturated heterocycles. The van der Waals surface area contributed by atoms with Gasteiger partial charge in [0.25, 0.3) is 0 Å². The summed E-state index contributed by atoms with van der Waals surface area (Å²) in [4.78, 5) is 12.7. The van der Waals surface area contributed by atoms with Crippen LogP contribution in [0.2, 0.25) is 0 Å². The lowest BCUT2D eigenvalue weighted by Gasteiger charge is -2.27. The second-order valence-corrected chi connectivity index (χ2v) is 8.05. The van der Waals surface area contributed by atoms with Gasteiger partial charge < -0.3 is 4.74 Å². The number of rotatable bonds is 7. The van der Waals surface area contributed by atoms with Crippen LogP contribution in [0.5, 0.6) is 5.75 Å². The zero-order valence-electron chi connectivity index (χ0n) is 16.7. The molecular formula is C25H32O2. The number of carbonyl (C=O) groups is 1. The molecule has 27 heavy (non-hydrogen) atoms. The van der Waals surface area contributed by atoms with Crippen LogP contribution in [0.25, 0.3) is 0 Å². The summed E-state index contributed by atoms with van der Waals surface area (Å²) in [5.74, 6) is 1.96. The van der Waals surface area contributed by atoms with Crippen LogP contribution in [0.4, 0.5) is 0 Å². The van der Waals surface area contributed by atoms with Gasteiger partial charge in [0.1, 0.15) is 5.75 Å². The Morgan fingerprint density at radius 2 is 1.67 bits per heavy atom. The Balaban J connectivity index is 1.61. The molecule has 0 heterocycles. The second-order valence-electron chi connectivity index (χ2n) is 8.05. The Kier molecular flexibility index (Phi) is 7.09. The fraction of sp³-hybridized carbons (Fsp3) is 0.480. The van der Waals surface area contributed by atoms with Gasteiger partial charge in [-0.1, -0.05) is 75.2 Å². The summed E-state index contributed by atoms with van der Waals surface area (Å²) in [6, 6.07) is 18.5. The van der Waals surface area contributed by atoms with Gasteiger partial charge in [-0.25, -0.2) is 0 Å². The molecule has 2 aromatic carbocycles.